The molecule has 1 aromatic heterocycles. The molecule has 190 valence electrons. The van der Waals surface area contributed by atoms with Crippen LogP contribution in [0, 0.1) is 0 Å². The molecule has 0 atom stereocenters. The van der Waals surface area contributed by atoms with Crippen molar-refractivity contribution < 1.29 is 14.3 Å². The SMILES string of the molecule is CCCCN(CC(=O)Nc1cc(-c2ccccc2)nn1-c1ccc(OC)cc1)C(=O)c1ccc(Cl)cc1. The van der Waals surface area contributed by atoms with Crippen molar-refractivity contribution >= 4 is 29.2 Å². The second-order valence-corrected chi connectivity index (χ2v) is 8.96. The standard InChI is InChI=1S/C29H29ClN4O3/c1-3-4-18-33(29(36)22-10-12-23(30)13-11-22)20-28(35)31-27-19-26(21-8-6-5-7-9-21)32-34(27)24-14-16-25(37-2)17-15-24/h5-17,19H,3-4,18,20H2,1-2H3,(H,31,35). The molecule has 0 spiro atoms. The number of nitrogens with one attached hydrogen (secondary N) is 1. The Morgan fingerprint density at radius 3 is 2.35 bits per heavy atom. The van der Waals surface area contributed by atoms with Gasteiger partial charge in [-0.25, -0.2) is 4.68 Å². The van der Waals surface area contributed by atoms with Gasteiger partial charge in [-0.2, -0.15) is 5.10 Å². The molecule has 0 radical (unpaired) electrons. The van der Waals surface area contributed by atoms with E-state index in [9.17, 15) is 9.59 Å². The quantitative estimate of drug-likeness (QED) is 0.277. The molecule has 8 heteroatoms. The lowest BCUT2D eigenvalue weighted by atomic mass is 10.1. The van der Waals surface area contributed by atoms with Gasteiger partial charge in [0.1, 0.15) is 18.1 Å². The van der Waals surface area contributed by atoms with Crippen LogP contribution in [0.2, 0.25) is 5.02 Å². The number of ether oxygens (including phenoxy) is 1. The first-order valence-corrected chi connectivity index (χ1v) is 12.5. The number of anilines is 1. The number of methoxy groups -OCH3 is 1. The number of aromatic nitrogens is 2. The molecule has 4 aromatic rings. The summed E-state index contributed by atoms with van der Waals surface area (Å²) < 4.78 is 6.95. The fourth-order valence-corrected chi connectivity index (χ4v) is 4.00. The number of halogens is 1. The molecule has 0 aliphatic heterocycles. The van der Waals surface area contributed by atoms with Crippen molar-refractivity contribution in [3.8, 4) is 22.7 Å². The van der Waals surface area contributed by atoms with Gasteiger partial charge in [-0.1, -0.05) is 55.3 Å². The van der Waals surface area contributed by atoms with Gasteiger partial charge in [0.05, 0.1) is 18.5 Å². The van der Waals surface area contributed by atoms with Crippen molar-refractivity contribution in [1.29, 1.82) is 0 Å². The summed E-state index contributed by atoms with van der Waals surface area (Å²) in [6.07, 6.45) is 1.69. The molecule has 1 heterocycles. The van der Waals surface area contributed by atoms with E-state index in [2.05, 4.69) is 5.32 Å². The van der Waals surface area contributed by atoms with Crippen LogP contribution in [-0.2, 0) is 4.79 Å². The van der Waals surface area contributed by atoms with E-state index in [4.69, 9.17) is 21.4 Å². The zero-order chi connectivity index (χ0) is 26.2. The van der Waals surface area contributed by atoms with E-state index < -0.39 is 0 Å². The first-order chi connectivity index (χ1) is 18.0. The lowest BCUT2D eigenvalue weighted by molar-refractivity contribution is -0.116. The molecule has 2 amide bonds. The molecule has 0 saturated heterocycles. The largest absolute Gasteiger partial charge is 0.497 e. The van der Waals surface area contributed by atoms with Gasteiger partial charge in [0.25, 0.3) is 5.91 Å². The van der Waals surface area contributed by atoms with Crippen LogP contribution in [0.4, 0.5) is 5.82 Å². The molecular formula is C29H29ClN4O3. The fourth-order valence-electron chi connectivity index (χ4n) is 3.87. The van der Waals surface area contributed by atoms with Crippen LogP contribution >= 0.6 is 11.6 Å². The minimum atomic E-state index is -0.312. The molecule has 1 N–H and O–H groups in total. The van der Waals surface area contributed by atoms with Gasteiger partial charge < -0.3 is 15.0 Å². The lowest BCUT2D eigenvalue weighted by Gasteiger charge is -2.22. The Kier molecular flexibility index (Phi) is 8.59. The Morgan fingerprint density at radius 2 is 1.70 bits per heavy atom. The van der Waals surface area contributed by atoms with Crippen LogP contribution in [0.1, 0.15) is 30.1 Å². The number of benzene rings is 3. The molecule has 0 fully saturated rings. The third kappa shape index (κ3) is 6.57. The van der Waals surface area contributed by atoms with E-state index >= 15 is 0 Å². The number of rotatable bonds is 10. The number of carbonyl (C=O) groups excluding carboxylic acids is 2. The molecule has 37 heavy (non-hydrogen) atoms. The van der Waals surface area contributed by atoms with Crippen LogP contribution < -0.4 is 10.1 Å². The molecule has 4 rings (SSSR count). The maximum atomic E-state index is 13.2. The van der Waals surface area contributed by atoms with Crippen LogP contribution in [0.25, 0.3) is 16.9 Å². The van der Waals surface area contributed by atoms with Gasteiger partial charge >= 0.3 is 0 Å². The number of amides is 2. The van der Waals surface area contributed by atoms with Crippen molar-refractivity contribution in [3.05, 3.63) is 95.5 Å². The van der Waals surface area contributed by atoms with Crippen LogP contribution in [0.5, 0.6) is 5.75 Å². The van der Waals surface area contributed by atoms with Crippen molar-refractivity contribution in [2.45, 2.75) is 19.8 Å². The Balaban J connectivity index is 1.59. The Labute approximate surface area is 221 Å². The summed E-state index contributed by atoms with van der Waals surface area (Å²) in [5, 5.41) is 8.26. The predicted octanol–water partition coefficient (Wildman–Crippen LogP) is 6.08. The van der Waals surface area contributed by atoms with Crippen molar-refractivity contribution in [3.63, 3.8) is 0 Å². The van der Waals surface area contributed by atoms with E-state index in [-0.39, 0.29) is 18.4 Å². The van der Waals surface area contributed by atoms with Crippen molar-refractivity contribution in [1.82, 2.24) is 14.7 Å². The minimum absolute atomic E-state index is 0.0874. The summed E-state index contributed by atoms with van der Waals surface area (Å²) >= 11 is 5.98. The smallest absolute Gasteiger partial charge is 0.254 e. The molecule has 3 aromatic carbocycles. The van der Waals surface area contributed by atoms with Crippen molar-refractivity contribution in [2.24, 2.45) is 0 Å². The number of unbranched alkanes of at least 4 members (excludes halogenated alkanes) is 1. The van der Waals surface area contributed by atoms with Crippen LogP contribution in [0.15, 0.2) is 84.9 Å². The summed E-state index contributed by atoms with van der Waals surface area (Å²) in [7, 11) is 1.61. The number of nitrogens with zero attached hydrogens (tertiary/aromatic N) is 3. The van der Waals surface area contributed by atoms with Gasteiger partial charge in [0.15, 0.2) is 0 Å². The second-order valence-electron chi connectivity index (χ2n) is 8.53. The third-order valence-electron chi connectivity index (χ3n) is 5.86. The third-order valence-corrected chi connectivity index (χ3v) is 6.11. The van der Waals surface area contributed by atoms with Gasteiger partial charge in [-0.05, 0) is 55.0 Å². The maximum absolute atomic E-state index is 13.2. The van der Waals surface area contributed by atoms with E-state index in [1.54, 1.807) is 41.0 Å². The molecule has 0 unspecified atom stereocenters. The fraction of sp³-hybridized carbons (Fsp3) is 0.207. The average Bonchev–Trinajstić information content (AvgIpc) is 3.35. The first-order valence-electron chi connectivity index (χ1n) is 12.1. The molecule has 0 saturated carbocycles. The van der Waals surface area contributed by atoms with Gasteiger partial charge in [0, 0.05) is 28.8 Å². The first kappa shape index (κ1) is 26.0. The molecule has 7 nitrogen and oxygen atoms in total. The minimum Gasteiger partial charge on any atom is -0.497 e. The van der Waals surface area contributed by atoms with E-state index in [1.165, 1.54) is 0 Å². The number of hydrogen-bond donors (Lipinski definition) is 1. The summed E-state index contributed by atoms with van der Waals surface area (Å²) in [6, 6.07) is 25.7. The van der Waals surface area contributed by atoms with E-state index in [1.807, 2.05) is 67.6 Å². The number of carbonyl (C=O) groups is 2. The zero-order valence-electron chi connectivity index (χ0n) is 20.9. The highest BCUT2D eigenvalue weighted by Crippen LogP contribution is 2.26. The summed E-state index contributed by atoms with van der Waals surface area (Å²) in [5.74, 6) is 0.696. The molecule has 0 aliphatic carbocycles. The molecular weight excluding hydrogens is 488 g/mol. The normalized spacial score (nSPS) is 10.7. The van der Waals surface area contributed by atoms with E-state index in [0.29, 0.717) is 28.6 Å². The Hall–Kier alpha value is -4.10. The lowest BCUT2D eigenvalue weighted by Crippen LogP contribution is -2.39. The van der Waals surface area contributed by atoms with Gasteiger partial charge in [-0.15, -0.1) is 0 Å². The highest BCUT2D eigenvalue weighted by atomic mass is 35.5. The van der Waals surface area contributed by atoms with Gasteiger partial charge in [0.2, 0.25) is 5.91 Å². The maximum Gasteiger partial charge on any atom is 0.254 e. The summed E-state index contributed by atoms with van der Waals surface area (Å²) in [6.45, 7) is 2.43. The topological polar surface area (TPSA) is 76.5 Å². The highest BCUT2D eigenvalue weighted by molar-refractivity contribution is 6.30. The summed E-state index contributed by atoms with van der Waals surface area (Å²) in [4.78, 5) is 27.9. The Bertz CT molecular complexity index is 1340. The number of hydrogen-bond acceptors (Lipinski definition) is 4. The van der Waals surface area contributed by atoms with Gasteiger partial charge in [-0.3, -0.25) is 9.59 Å². The van der Waals surface area contributed by atoms with E-state index in [0.717, 1.165) is 29.8 Å². The summed E-state index contributed by atoms with van der Waals surface area (Å²) in [5.41, 5.74) is 2.89. The van der Waals surface area contributed by atoms with Crippen molar-refractivity contribution in [2.75, 3.05) is 25.5 Å². The Morgan fingerprint density at radius 1 is 1.00 bits per heavy atom. The second kappa shape index (κ2) is 12.2. The van der Waals surface area contributed by atoms with Crippen LogP contribution in [0.3, 0.4) is 0 Å². The average molecular weight is 517 g/mol. The molecule has 0 aliphatic rings. The predicted molar refractivity (Wildman–Crippen MR) is 146 cm³/mol. The van der Waals surface area contributed by atoms with Crippen LogP contribution in [-0.4, -0.2) is 46.7 Å². The molecule has 0 bridgehead atoms. The highest BCUT2D eigenvalue weighted by Gasteiger charge is 2.20. The monoisotopic (exact) mass is 516 g/mol. The zero-order valence-corrected chi connectivity index (χ0v) is 21.6.